The molecule has 0 N–H and O–H groups in total. The van der Waals surface area contributed by atoms with Crippen LogP contribution in [0.15, 0.2) is 59.6 Å². The Balaban J connectivity index is 1.47. The number of allylic oxidation sites excluding steroid dienone is 2. The van der Waals surface area contributed by atoms with E-state index in [2.05, 4.69) is 74.7 Å². The van der Waals surface area contributed by atoms with Crippen molar-refractivity contribution in [2.75, 3.05) is 24.5 Å². The molecule has 7 heteroatoms. The molecule has 0 amide bonds. The highest BCUT2D eigenvalue weighted by molar-refractivity contribution is 6.33. The first-order chi connectivity index (χ1) is 16.3. The van der Waals surface area contributed by atoms with E-state index in [1.165, 1.54) is 16.6 Å². The van der Waals surface area contributed by atoms with Crippen molar-refractivity contribution in [3.8, 4) is 0 Å². The molecule has 2 aromatic rings. The molecule has 6 rings (SSSR count). The van der Waals surface area contributed by atoms with Gasteiger partial charge in [-0.15, -0.1) is 0 Å². The van der Waals surface area contributed by atoms with Crippen molar-refractivity contribution >= 4 is 30.6 Å². The Morgan fingerprint density at radius 3 is 2.82 bits per heavy atom. The average molecular weight is 450 g/mol. The number of aryl methyl sites for hydroxylation is 2. The van der Waals surface area contributed by atoms with E-state index in [0.717, 1.165) is 78.3 Å². The van der Waals surface area contributed by atoms with E-state index in [1.807, 2.05) is 6.20 Å². The van der Waals surface area contributed by atoms with E-state index < -0.39 is 0 Å². The van der Waals surface area contributed by atoms with Crippen LogP contribution in [-0.2, 0) is 0 Å². The lowest BCUT2D eigenvalue weighted by atomic mass is 9.90. The largest absolute Gasteiger partial charge is 0.365 e. The number of hydrogen-bond acceptors (Lipinski definition) is 6. The Morgan fingerprint density at radius 1 is 1.18 bits per heavy atom. The quantitative estimate of drug-likeness (QED) is 0.578. The van der Waals surface area contributed by atoms with Crippen molar-refractivity contribution in [1.29, 1.82) is 0 Å². The summed E-state index contributed by atoms with van der Waals surface area (Å²) in [4.78, 5) is 22.3. The van der Waals surface area contributed by atoms with E-state index in [0.29, 0.717) is 6.04 Å². The van der Waals surface area contributed by atoms with Gasteiger partial charge in [0.05, 0.1) is 16.9 Å². The molecule has 2 atom stereocenters. The van der Waals surface area contributed by atoms with Crippen molar-refractivity contribution in [3.63, 3.8) is 0 Å². The van der Waals surface area contributed by atoms with Crippen LogP contribution >= 0.6 is 0 Å². The topological polar surface area (TPSA) is 47.9 Å². The minimum Gasteiger partial charge on any atom is -0.365 e. The Labute approximate surface area is 202 Å². The second kappa shape index (κ2) is 7.59. The van der Waals surface area contributed by atoms with E-state index in [9.17, 15) is 0 Å². The minimum absolute atomic E-state index is 0.198. The number of aliphatic imine (C=N–C) groups is 1. The molecule has 0 saturated carbocycles. The number of anilines is 2. The molecule has 0 bridgehead atoms. The Kier molecular flexibility index (Phi) is 4.73. The SMILES string of the molecule is Bc1cc2c(nc1C)N1C(=CC(C)c3nccc(C)c31)N=C2N1CCN2C(=C)C(=C)CCC2C1. The van der Waals surface area contributed by atoms with Gasteiger partial charge >= 0.3 is 0 Å². The van der Waals surface area contributed by atoms with Gasteiger partial charge in [0.2, 0.25) is 0 Å². The summed E-state index contributed by atoms with van der Waals surface area (Å²) in [5, 5.41) is 0. The fourth-order valence-corrected chi connectivity index (χ4v) is 5.76. The molecule has 2 aromatic heterocycles. The molecule has 0 aromatic carbocycles. The van der Waals surface area contributed by atoms with Gasteiger partial charge in [0, 0.05) is 49.2 Å². The average Bonchev–Trinajstić information content (AvgIpc) is 2.82. The number of fused-ring (bicyclic) bond motifs is 6. The van der Waals surface area contributed by atoms with Gasteiger partial charge in [-0.05, 0) is 50.0 Å². The third kappa shape index (κ3) is 3.06. The van der Waals surface area contributed by atoms with Crippen LogP contribution in [-0.4, -0.2) is 59.1 Å². The summed E-state index contributed by atoms with van der Waals surface area (Å²) in [5.41, 5.74) is 9.05. The van der Waals surface area contributed by atoms with Crippen LogP contribution in [0.2, 0.25) is 0 Å². The fraction of sp³-hybridized carbons (Fsp3) is 0.370. The van der Waals surface area contributed by atoms with Gasteiger partial charge in [0.1, 0.15) is 25.3 Å². The zero-order chi connectivity index (χ0) is 23.7. The summed E-state index contributed by atoms with van der Waals surface area (Å²) in [5.74, 6) is 3.16. The van der Waals surface area contributed by atoms with Gasteiger partial charge in [-0.3, -0.25) is 9.88 Å². The number of rotatable bonds is 0. The highest BCUT2D eigenvalue weighted by atomic mass is 15.4. The zero-order valence-electron chi connectivity index (χ0n) is 20.6. The van der Waals surface area contributed by atoms with E-state index in [4.69, 9.17) is 15.0 Å². The first-order valence-electron chi connectivity index (χ1n) is 12.3. The number of nitrogens with zero attached hydrogens (tertiary/aromatic N) is 6. The van der Waals surface area contributed by atoms with Crippen molar-refractivity contribution in [2.24, 2.45) is 4.99 Å². The molecule has 2 saturated heterocycles. The van der Waals surface area contributed by atoms with Gasteiger partial charge in [0.15, 0.2) is 0 Å². The molecule has 2 unspecified atom stereocenters. The number of amidine groups is 1. The maximum atomic E-state index is 5.30. The normalized spacial score (nSPS) is 23.6. The molecule has 2 fully saturated rings. The summed E-state index contributed by atoms with van der Waals surface area (Å²) >= 11 is 0. The van der Waals surface area contributed by atoms with Gasteiger partial charge < -0.3 is 9.80 Å². The van der Waals surface area contributed by atoms with Crippen LogP contribution in [0.3, 0.4) is 0 Å². The molecule has 0 radical (unpaired) electrons. The molecule has 172 valence electrons. The molecule has 6 heterocycles. The monoisotopic (exact) mass is 450 g/mol. The predicted octanol–water partition coefficient (Wildman–Crippen LogP) is 3.06. The van der Waals surface area contributed by atoms with Gasteiger partial charge in [0.25, 0.3) is 0 Å². The maximum Gasteiger partial charge on any atom is 0.150 e. The van der Waals surface area contributed by atoms with Gasteiger partial charge in [-0.25, -0.2) is 9.98 Å². The number of piperazine rings is 1. The third-order valence-electron chi connectivity index (χ3n) is 7.87. The number of piperidine rings is 1. The molecular weight excluding hydrogens is 419 g/mol. The van der Waals surface area contributed by atoms with Crippen LogP contribution in [0, 0.1) is 13.8 Å². The summed E-state index contributed by atoms with van der Waals surface area (Å²) < 4.78 is 0. The van der Waals surface area contributed by atoms with Gasteiger partial charge in [-0.1, -0.05) is 31.6 Å². The minimum atomic E-state index is 0.198. The summed E-state index contributed by atoms with van der Waals surface area (Å²) in [6.45, 7) is 17.8. The van der Waals surface area contributed by atoms with Crippen LogP contribution in [0.25, 0.3) is 0 Å². The smallest absolute Gasteiger partial charge is 0.150 e. The van der Waals surface area contributed by atoms with E-state index in [1.54, 1.807) is 0 Å². The number of aromatic nitrogens is 2. The van der Waals surface area contributed by atoms with Crippen LogP contribution in [0.5, 0.6) is 0 Å². The highest BCUT2D eigenvalue weighted by Gasteiger charge is 2.39. The van der Waals surface area contributed by atoms with Crippen LogP contribution in [0.4, 0.5) is 11.5 Å². The van der Waals surface area contributed by atoms with Gasteiger partial charge in [-0.2, -0.15) is 0 Å². The lowest BCUT2D eigenvalue weighted by Crippen LogP contribution is -2.56. The maximum absolute atomic E-state index is 5.30. The molecule has 0 aliphatic carbocycles. The second-order valence-corrected chi connectivity index (χ2v) is 10.1. The van der Waals surface area contributed by atoms with Crippen molar-refractivity contribution in [3.05, 3.63) is 77.2 Å². The Morgan fingerprint density at radius 2 is 2.00 bits per heavy atom. The van der Waals surface area contributed by atoms with E-state index >= 15 is 0 Å². The first-order valence-corrected chi connectivity index (χ1v) is 12.3. The molecule has 6 nitrogen and oxygen atoms in total. The van der Waals surface area contributed by atoms with Crippen LogP contribution in [0.1, 0.15) is 48.2 Å². The zero-order valence-corrected chi connectivity index (χ0v) is 20.6. The molecule has 4 aliphatic rings. The lowest BCUT2D eigenvalue weighted by Gasteiger charge is -2.48. The van der Waals surface area contributed by atoms with E-state index in [-0.39, 0.29) is 5.92 Å². The first kappa shape index (κ1) is 21.2. The van der Waals surface area contributed by atoms with Crippen molar-refractivity contribution in [1.82, 2.24) is 19.8 Å². The standard InChI is InChI=1S/C27H31BN6/c1-15-6-7-20-14-32(10-11-33(20)19(15)5)26-21-13-22(28)18(4)30-27(21)34-23(31-26)12-17(3)24-25(34)16(2)8-9-29-24/h8-9,12-13,17,20H,1,5-7,10-11,14,28H2,2-4H3. The number of hydrogen-bond donors (Lipinski definition) is 0. The lowest BCUT2D eigenvalue weighted by molar-refractivity contribution is 0.131. The Bertz CT molecular complexity index is 1310. The summed E-state index contributed by atoms with van der Waals surface area (Å²) in [6, 6.07) is 4.80. The number of pyridine rings is 2. The fourth-order valence-electron chi connectivity index (χ4n) is 5.76. The van der Waals surface area contributed by atoms with Crippen molar-refractivity contribution in [2.45, 2.75) is 45.6 Å². The third-order valence-corrected chi connectivity index (χ3v) is 7.87. The predicted molar refractivity (Wildman–Crippen MR) is 141 cm³/mol. The van der Waals surface area contributed by atoms with Crippen molar-refractivity contribution < 1.29 is 0 Å². The molecule has 34 heavy (non-hydrogen) atoms. The highest BCUT2D eigenvalue weighted by Crippen LogP contribution is 2.45. The second-order valence-electron chi connectivity index (χ2n) is 10.1. The van der Waals surface area contributed by atoms with Crippen LogP contribution < -0.4 is 10.4 Å². The summed E-state index contributed by atoms with van der Waals surface area (Å²) in [6.07, 6.45) is 6.28. The Hall–Kier alpha value is -3.35. The molecule has 4 aliphatic heterocycles. The summed E-state index contributed by atoms with van der Waals surface area (Å²) in [7, 11) is 2.14. The molecular formula is C27H31BN6. The molecule has 0 spiro atoms.